The first-order valence-corrected chi connectivity index (χ1v) is 7.56. The fourth-order valence-corrected chi connectivity index (χ4v) is 2.78. The van der Waals surface area contributed by atoms with Crippen molar-refractivity contribution in [2.45, 2.75) is 58.4 Å². The van der Waals surface area contributed by atoms with Gasteiger partial charge in [0.25, 0.3) is 0 Å². The third kappa shape index (κ3) is 3.15. The van der Waals surface area contributed by atoms with Crippen LogP contribution in [0.3, 0.4) is 0 Å². The van der Waals surface area contributed by atoms with Crippen LogP contribution in [0.2, 0.25) is 0 Å². The predicted molar refractivity (Wildman–Crippen MR) is 82.1 cm³/mol. The molecular weight excluding hydrogens is 250 g/mol. The van der Waals surface area contributed by atoms with Gasteiger partial charge < -0.3 is 9.57 Å². The fraction of sp³-hybridized carbons (Fsp3) is 0.647. The lowest BCUT2D eigenvalue weighted by molar-refractivity contribution is 0.0579. The Morgan fingerprint density at radius 3 is 2.70 bits per heavy atom. The average Bonchev–Trinajstić information content (AvgIpc) is 2.59. The molecule has 1 aliphatic rings. The second-order valence-electron chi connectivity index (χ2n) is 6.53. The lowest BCUT2D eigenvalue weighted by Gasteiger charge is -2.27. The summed E-state index contributed by atoms with van der Waals surface area (Å²) in [4.78, 5) is 5.19. The number of fused-ring (bicyclic) bond motifs is 1. The van der Waals surface area contributed by atoms with Crippen LogP contribution in [0.4, 0.5) is 0 Å². The average molecular weight is 277 g/mol. The Kier molecular flexibility index (Phi) is 4.71. The molecule has 1 N–H and O–H groups in total. The van der Waals surface area contributed by atoms with Crippen LogP contribution >= 0.6 is 0 Å². The first-order valence-electron chi connectivity index (χ1n) is 7.56. The number of hydroxylamine groups is 1. The van der Waals surface area contributed by atoms with E-state index >= 15 is 0 Å². The monoisotopic (exact) mass is 277 g/mol. The van der Waals surface area contributed by atoms with Crippen molar-refractivity contribution in [2.24, 2.45) is 0 Å². The molecule has 2 rings (SSSR count). The minimum absolute atomic E-state index is 0.0806. The molecule has 3 heteroatoms. The zero-order valence-electron chi connectivity index (χ0n) is 13.4. The number of nitrogens with one attached hydrogen (secondary N) is 1. The molecule has 1 aliphatic heterocycles. The minimum Gasteiger partial charge on any atom is -0.493 e. The van der Waals surface area contributed by atoms with Gasteiger partial charge in [0.05, 0.1) is 19.8 Å². The van der Waals surface area contributed by atoms with Crippen LogP contribution in [0.1, 0.15) is 63.3 Å². The number of ether oxygens (including phenoxy) is 1. The summed E-state index contributed by atoms with van der Waals surface area (Å²) in [5.41, 5.74) is 7.12. The molecule has 0 saturated carbocycles. The van der Waals surface area contributed by atoms with E-state index in [0.717, 1.165) is 31.6 Å². The minimum atomic E-state index is 0.0806. The molecule has 3 nitrogen and oxygen atoms in total. The van der Waals surface area contributed by atoms with Gasteiger partial charge >= 0.3 is 0 Å². The zero-order valence-corrected chi connectivity index (χ0v) is 13.4. The quantitative estimate of drug-likeness (QED) is 0.850. The topological polar surface area (TPSA) is 30.5 Å². The summed E-state index contributed by atoms with van der Waals surface area (Å²) >= 11 is 0. The van der Waals surface area contributed by atoms with Gasteiger partial charge in [-0.1, -0.05) is 39.8 Å². The first-order chi connectivity index (χ1) is 9.47. The molecule has 0 bridgehead atoms. The summed E-state index contributed by atoms with van der Waals surface area (Å²) in [5, 5.41) is 0. The van der Waals surface area contributed by atoms with Gasteiger partial charge in [0.1, 0.15) is 5.75 Å². The highest BCUT2D eigenvalue weighted by Gasteiger charge is 2.27. The zero-order chi connectivity index (χ0) is 14.8. The van der Waals surface area contributed by atoms with E-state index in [1.807, 2.05) is 0 Å². The Morgan fingerprint density at radius 1 is 1.35 bits per heavy atom. The Hall–Kier alpha value is -1.06. The van der Waals surface area contributed by atoms with Crippen LogP contribution in [0, 0.1) is 0 Å². The van der Waals surface area contributed by atoms with Gasteiger partial charge in [-0.2, -0.15) is 5.48 Å². The molecular formula is C17H27NO2. The lowest BCUT2D eigenvalue weighted by Crippen LogP contribution is -2.21. The van der Waals surface area contributed by atoms with Gasteiger partial charge in [-0.05, 0) is 30.2 Å². The number of aryl methyl sites for hydroxylation is 1. The van der Waals surface area contributed by atoms with E-state index in [4.69, 9.17) is 9.57 Å². The second-order valence-corrected chi connectivity index (χ2v) is 6.53. The third-order valence-corrected chi connectivity index (χ3v) is 3.91. The van der Waals surface area contributed by atoms with Crippen LogP contribution in [-0.2, 0) is 16.7 Å². The first kappa shape index (κ1) is 15.3. The molecule has 1 atom stereocenters. The maximum absolute atomic E-state index is 6.09. The van der Waals surface area contributed by atoms with Gasteiger partial charge in [-0.3, -0.25) is 0 Å². The van der Waals surface area contributed by atoms with Crippen molar-refractivity contribution in [3.8, 4) is 5.75 Å². The van der Waals surface area contributed by atoms with E-state index in [9.17, 15) is 0 Å². The van der Waals surface area contributed by atoms with Crippen molar-refractivity contribution in [2.75, 3.05) is 13.7 Å². The van der Waals surface area contributed by atoms with E-state index in [1.54, 1.807) is 7.11 Å². The van der Waals surface area contributed by atoms with E-state index in [-0.39, 0.29) is 11.5 Å². The molecule has 1 aromatic rings. The molecule has 0 aromatic heterocycles. The molecule has 0 spiro atoms. The van der Waals surface area contributed by atoms with Crippen LogP contribution in [-0.4, -0.2) is 13.7 Å². The number of rotatable bonds is 3. The molecule has 1 aromatic carbocycles. The van der Waals surface area contributed by atoms with Crippen molar-refractivity contribution < 1.29 is 9.57 Å². The molecule has 1 heterocycles. The summed E-state index contributed by atoms with van der Waals surface area (Å²) in [7, 11) is 1.68. The van der Waals surface area contributed by atoms with Crippen LogP contribution < -0.4 is 10.2 Å². The largest absolute Gasteiger partial charge is 0.493 e. The van der Waals surface area contributed by atoms with Crippen LogP contribution in [0.25, 0.3) is 0 Å². The van der Waals surface area contributed by atoms with Crippen molar-refractivity contribution in [3.63, 3.8) is 0 Å². The molecule has 20 heavy (non-hydrogen) atoms. The Labute approximate surface area is 122 Å². The summed E-state index contributed by atoms with van der Waals surface area (Å²) < 4.78 is 6.09. The lowest BCUT2D eigenvalue weighted by atomic mass is 9.82. The molecule has 0 saturated heterocycles. The maximum Gasteiger partial charge on any atom is 0.127 e. The Bertz CT molecular complexity index is 463. The highest BCUT2D eigenvalue weighted by molar-refractivity contribution is 5.50. The normalized spacial score (nSPS) is 19.1. The van der Waals surface area contributed by atoms with Crippen LogP contribution in [0.15, 0.2) is 12.1 Å². The standard InChI is InChI=1S/C17H27NO2/c1-6-12-10-13-15(18-19-5)8-7-9-20-16(13)14(11-12)17(2,3)4/h10-11,15,18H,6-9H2,1-5H3. The Morgan fingerprint density at radius 2 is 2.10 bits per heavy atom. The number of hydrogen-bond donors (Lipinski definition) is 1. The molecule has 1 unspecified atom stereocenters. The van der Waals surface area contributed by atoms with E-state index in [1.165, 1.54) is 16.7 Å². The molecule has 0 radical (unpaired) electrons. The van der Waals surface area contributed by atoms with Crippen molar-refractivity contribution >= 4 is 0 Å². The fourth-order valence-electron chi connectivity index (χ4n) is 2.78. The molecule has 0 fully saturated rings. The maximum atomic E-state index is 6.09. The van der Waals surface area contributed by atoms with Crippen molar-refractivity contribution in [1.29, 1.82) is 0 Å². The predicted octanol–water partition coefficient (Wildman–Crippen LogP) is 3.91. The summed E-state index contributed by atoms with van der Waals surface area (Å²) in [5.74, 6) is 1.06. The summed E-state index contributed by atoms with van der Waals surface area (Å²) in [6.45, 7) is 9.72. The van der Waals surface area contributed by atoms with Gasteiger partial charge in [-0.15, -0.1) is 0 Å². The third-order valence-electron chi connectivity index (χ3n) is 3.91. The number of benzene rings is 1. The van der Waals surface area contributed by atoms with Crippen molar-refractivity contribution in [3.05, 3.63) is 28.8 Å². The SMILES string of the molecule is CCc1cc2c(c(C(C)(C)C)c1)OCCCC2NOC. The van der Waals surface area contributed by atoms with Crippen LogP contribution in [0.5, 0.6) is 5.75 Å². The smallest absolute Gasteiger partial charge is 0.127 e. The molecule has 0 amide bonds. The summed E-state index contributed by atoms with van der Waals surface area (Å²) in [6.07, 6.45) is 3.12. The van der Waals surface area contributed by atoms with Gasteiger partial charge in [0.15, 0.2) is 0 Å². The Balaban J connectivity index is 2.58. The molecule has 112 valence electrons. The van der Waals surface area contributed by atoms with Gasteiger partial charge in [0, 0.05) is 11.1 Å². The highest BCUT2D eigenvalue weighted by Crippen LogP contribution is 2.40. The second kappa shape index (κ2) is 6.15. The highest BCUT2D eigenvalue weighted by atomic mass is 16.6. The van der Waals surface area contributed by atoms with Gasteiger partial charge in [-0.25, -0.2) is 0 Å². The van der Waals surface area contributed by atoms with Crippen molar-refractivity contribution in [1.82, 2.24) is 5.48 Å². The van der Waals surface area contributed by atoms with E-state index < -0.39 is 0 Å². The van der Waals surface area contributed by atoms with E-state index in [0.29, 0.717) is 0 Å². The molecule has 0 aliphatic carbocycles. The van der Waals surface area contributed by atoms with E-state index in [2.05, 4.69) is 45.3 Å². The summed E-state index contributed by atoms with van der Waals surface area (Å²) in [6, 6.07) is 4.78. The number of hydrogen-bond acceptors (Lipinski definition) is 3. The van der Waals surface area contributed by atoms with Gasteiger partial charge in [0.2, 0.25) is 0 Å².